The Labute approximate surface area is 91.3 Å². The molecule has 82 valence electrons. The zero-order valence-corrected chi connectivity index (χ0v) is 9.48. The SMILES string of the molecule is Cc1cccc(N2CCC(C)C2CN)n1. The van der Waals surface area contributed by atoms with Gasteiger partial charge in [-0.2, -0.15) is 0 Å². The second kappa shape index (κ2) is 4.19. The van der Waals surface area contributed by atoms with Crippen molar-refractivity contribution in [3.8, 4) is 0 Å². The molecule has 1 aromatic heterocycles. The first kappa shape index (κ1) is 10.4. The van der Waals surface area contributed by atoms with Crippen LogP contribution in [0.25, 0.3) is 0 Å². The Bertz CT molecular complexity index is 337. The highest BCUT2D eigenvalue weighted by molar-refractivity contribution is 5.42. The highest BCUT2D eigenvalue weighted by atomic mass is 15.2. The van der Waals surface area contributed by atoms with Crippen molar-refractivity contribution in [2.45, 2.75) is 26.3 Å². The summed E-state index contributed by atoms with van der Waals surface area (Å²) in [6.07, 6.45) is 1.22. The monoisotopic (exact) mass is 205 g/mol. The molecule has 0 amide bonds. The number of aryl methyl sites for hydroxylation is 1. The smallest absolute Gasteiger partial charge is 0.129 e. The molecule has 0 radical (unpaired) electrons. The number of nitrogens with zero attached hydrogens (tertiary/aromatic N) is 2. The van der Waals surface area contributed by atoms with E-state index >= 15 is 0 Å². The molecule has 1 aromatic rings. The van der Waals surface area contributed by atoms with Crippen LogP contribution in [0.3, 0.4) is 0 Å². The summed E-state index contributed by atoms with van der Waals surface area (Å²) in [6.45, 7) is 6.10. The van der Waals surface area contributed by atoms with Gasteiger partial charge in [0.15, 0.2) is 0 Å². The van der Waals surface area contributed by atoms with Gasteiger partial charge < -0.3 is 10.6 Å². The van der Waals surface area contributed by atoms with Gasteiger partial charge in [-0.3, -0.25) is 0 Å². The molecule has 3 heteroatoms. The first-order valence-electron chi connectivity index (χ1n) is 5.62. The Kier molecular flexibility index (Phi) is 2.91. The van der Waals surface area contributed by atoms with Gasteiger partial charge in [0.25, 0.3) is 0 Å². The Balaban J connectivity index is 2.23. The number of aromatic nitrogens is 1. The fraction of sp³-hybridized carbons (Fsp3) is 0.583. The molecule has 1 aliphatic heterocycles. The molecule has 3 nitrogen and oxygen atoms in total. The maximum atomic E-state index is 5.82. The Morgan fingerprint density at radius 3 is 3.00 bits per heavy atom. The van der Waals surface area contributed by atoms with E-state index in [1.807, 2.05) is 13.0 Å². The molecule has 15 heavy (non-hydrogen) atoms. The number of hydrogen-bond donors (Lipinski definition) is 1. The van der Waals surface area contributed by atoms with Gasteiger partial charge >= 0.3 is 0 Å². The highest BCUT2D eigenvalue weighted by Crippen LogP contribution is 2.27. The van der Waals surface area contributed by atoms with Crippen molar-refractivity contribution in [1.29, 1.82) is 0 Å². The third-order valence-corrected chi connectivity index (χ3v) is 3.29. The molecule has 0 saturated carbocycles. The summed E-state index contributed by atoms with van der Waals surface area (Å²) in [7, 11) is 0. The van der Waals surface area contributed by atoms with Crippen LogP contribution in [0.2, 0.25) is 0 Å². The van der Waals surface area contributed by atoms with Gasteiger partial charge in [0.05, 0.1) is 0 Å². The summed E-state index contributed by atoms with van der Waals surface area (Å²) >= 11 is 0. The van der Waals surface area contributed by atoms with E-state index in [9.17, 15) is 0 Å². The van der Waals surface area contributed by atoms with Gasteiger partial charge in [-0.25, -0.2) is 4.98 Å². The van der Waals surface area contributed by atoms with Gasteiger partial charge in [-0.15, -0.1) is 0 Å². The van der Waals surface area contributed by atoms with Gasteiger partial charge in [0.2, 0.25) is 0 Å². The molecule has 2 rings (SSSR count). The lowest BCUT2D eigenvalue weighted by Crippen LogP contribution is -2.38. The number of hydrogen-bond acceptors (Lipinski definition) is 3. The molecule has 1 saturated heterocycles. The summed E-state index contributed by atoms with van der Waals surface area (Å²) in [5.74, 6) is 1.76. The van der Waals surface area contributed by atoms with Crippen LogP contribution >= 0.6 is 0 Å². The number of nitrogens with two attached hydrogens (primary N) is 1. The van der Waals surface area contributed by atoms with Gasteiger partial charge in [-0.1, -0.05) is 13.0 Å². The van der Waals surface area contributed by atoms with Crippen molar-refractivity contribution in [2.24, 2.45) is 11.7 Å². The number of pyridine rings is 1. The summed E-state index contributed by atoms with van der Waals surface area (Å²) in [4.78, 5) is 6.90. The standard InChI is InChI=1S/C12H19N3/c1-9-6-7-15(11(9)8-13)12-5-3-4-10(2)14-12/h3-5,9,11H,6-8,13H2,1-2H3. The molecule has 2 N–H and O–H groups in total. The van der Waals surface area contributed by atoms with E-state index in [0.29, 0.717) is 12.0 Å². The molecule has 0 bridgehead atoms. The van der Waals surface area contributed by atoms with Crippen LogP contribution < -0.4 is 10.6 Å². The summed E-state index contributed by atoms with van der Waals surface area (Å²) in [5, 5.41) is 0. The van der Waals surface area contributed by atoms with Crippen molar-refractivity contribution in [3.05, 3.63) is 23.9 Å². The van der Waals surface area contributed by atoms with Gasteiger partial charge in [0.1, 0.15) is 5.82 Å². The van der Waals surface area contributed by atoms with Crippen LogP contribution in [-0.2, 0) is 0 Å². The summed E-state index contributed by atoms with van der Waals surface area (Å²) in [6, 6.07) is 6.63. The average molecular weight is 205 g/mol. The Morgan fingerprint density at radius 2 is 2.33 bits per heavy atom. The van der Waals surface area contributed by atoms with Crippen molar-refractivity contribution < 1.29 is 0 Å². The van der Waals surface area contributed by atoms with Crippen LogP contribution in [-0.4, -0.2) is 24.1 Å². The second-order valence-corrected chi connectivity index (χ2v) is 4.40. The fourth-order valence-electron chi connectivity index (χ4n) is 2.34. The molecular formula is C12H19N3. The first-order chi connectivity index (χ1) is 7.22. The van der Waals surface area contributed by atoms with Crippen LogP contribution in [0.1, 0.15) is 19.0 Å². The molecule has 1 aliphatic rings. The van der Waals surface area contributed by atoms with Gasteiger partial charge in [0, 0.05) is 24.8 Å². The normalized spacial score (nSPS) is 25.9. The fourth-order valence-corrected chi connectivity index (χ4v) is 2.34. The van der Waals surface area contributed by atoms with Crippen molar-refractivity contribution >= 4 is 5.82 Å². The number of rotatable bonds is 2. The minimum atomic E-state index is 0.458. The maximum absolute atomic E-state index is 5.82. The summed E-state index contributed by atoms with van der Waals surface area (Å²) in [5.41, 5.74) is 6.89. The maximum Gasteiger partial charge on any atom is 0.129 e. The van der Waals surface area contributed by atoms with E-state index in [2.05, 4.69) is 28.9 Å². The van der Waals surface area contributed by atoms with E-state index in [1.54, 1.807) is 0 Å². The van der Waals surface area contributed by atoms with Crippen LogP contribution in [0.15, 0.2) is 18.2 Å². The lowest BCUT2D eigenvalue weighted by Gasteiger charge is -2.26. The van der Waals surface area contributed by atoms with Crippen molar-refractivity contribution in [1.82, 2.24) is 4.98 Å². The molecule has 1 fully saturated rings. The molecule has 2 unspecified atom stereocenters. The molecule has 0 aromatic carbocycles. The zero-order valence-electron chi connectivity index (χ0n) is 9.48. The minimum absolute atomic E-state index is 0.458. The topological polar surface area (TPSA) is 42.1 Å². The molecular weight excluding hydrogens is 186 g/mol. The van der Waals surface area contributed by atoms with E-state index in [-0.39, 0.29) is 0 Å². The second-order valence-electron chi connectivity index (χ2n) is 4.40. The van der Waals surface area contributed by atoms with Crippen LogP contribution in [0.4, 0.5) is 5.82 Å². The first-order valence-corrected chi connectivity index (χ1v) is 5.62. The number of anilines is 1. The average Bonchev–Trinajstić information content (AvgIpc) is 2.59. The van der Waals surface area contributed by atoms with E-state index in [0.717, 1.165) is 24.6 Å². The Morgan fingerprint density at radius 1 is 1.53 bits per heavy atom. The third-order valence-electron chi connectivity index (χ3n) is 3.29. The minimum Gasteiger partial charge on any atom is -0.352 e. The lowest BCUT2D eigenvalue weighted by atomic mass is 10.0. The summed E-state index contributed by atoms with van der Waals surface area (Å²) < 4.78 is 0. The molecule has 0 spiro atoms. The van der Waals surface area contributed by atoms with Gasteiger partial charge in [-0.05, 0) is 31.4 Å². The molecule has 0 aliphatic carbocycles. The lowest BCUT2D eigenvalue weighted by molar-refractivity contribution is 0.517. The van der Waals surface area contributed by atoms with Crippen LogP contribution in [0.5, 0.6) is 0 Å². The predicted molar refractivity (Wildman–Crippen MR) is 62.9 cm³/mol. The molecule has 2 atom stereocenters. The van der Waals surface area contributed by atoms with Crippen molar-refractivity contribution in [2.75, 3.05) is 18.0 Å². The zero-order chi connectivity index (χ0) is 10.8. The van der Waals surface area contributed by atoms with Crippen molar-refractivity contribution in [3.63, 3.8) is 0 Å². The molecule has 2 heterocycles. The van der Waals surface area contributed by atoms with Crippen LogP contribution in [0, 0.1) is 12.8 Å². The Hall–Kier alpha value is -1.09. The van der Waals surface area contributed by atoms with E-state index < -0.39 is 0 Å². The van der Waals surface area contributed by atoms with E-state index in [1.165, 1.54) is 6.42 Å². The van der Waals surface area contributed by atoms with E-state index in [4.69, 9.17) is 5.73 Å². The third kappa shape index (κ3) is 1.97. The quantitative estimate of drug-likeness (QED) is 0.796. The predicted octanol–water partition coefficient (Wildman–Crippen LogP) is 1.56. The highest BCUT2D eigenvalue weighted by Gasteiger charge is 2.30. The largest absolute Gasteiger partial charge is 0.352 e.